The number of nitro benzene ring substituents is 1. The molecule has 4 aromatic rings. The van der Waals surface area contributed by atoms with Crippen LogP contribution in [0.25, 0.3) is 17.1 Å². The minimum absolute atomic E-state index is 0.0119. The van der Waals surface area contributed by atoms with Gasteiger partial charge in [0.2, 0.25) is 11.6 Å². The number of anilines is 1. The van der Waals surface area contributed by atoms with E-state index in [0.717, 1.165) is 5.56 Å². The van der Waals surface area contributed by atoms with Crippen molar-refractivity contribution in [2.45, 2.75) is 6.92 Å². The van der Waals surface area contributed by atoms with Crippen LogP contribution >= 0.6 is 11.6 Å². The SMILES string of the molecule is Cc1ccc(-c2c(C(=O)NN=Cc3ccc(Cl)c([N+](=O)[O-])c3)nnn2-c2nonc2N)cc1. The van der Waals surface area contributed by atoms with Gasteiger partial charge in [-0.05, 0) is 23.3 Å². The van der Waals surface area contributed by atoms with E-state index in [-0.39, 0.29) is 33.7 Å². The van der Waals surface area contributed by atoms with E-state index >= 15 is 0 Å². The van der Waals surface area contributed by atoms with Crippen LogP contribution in [-0.2, 0) is 0 Å². The molecule has 166 valence electrons. The van der Waals surface area contributed by atoms with Gasteiger partial charge < -0.3 is 5.73 Å². The first-order valence-electron chi connectivity index (χ1n) is 9.23. The fourth-order valence-corrected chi connectivity index (χ4v) is 3.05. The highest BCUT2D eigenvalue weighted by atomic mass is 35.5. The summed E-state index contributed by atoms with van der Waals surface area (Å²) in [6.07, 6.45) is 1.23. The number of hydrazone groups is 1. The smallest absolute Gasteiger partial charge is 0.294 e. The predicted molar refractivity (Wildman–Crippen MR) is 117 cm³/mol. The first-order chi connectivity index (χ1) is 15.8. The molecule has 0 aliphatic heterocycles. The quantitative estimate of drug-likeness (QED) is 0.244. The number of nitrogens with two attached hydrogens (primary N) is 1. The second kappa shape index (κ2) is 8.84. The van der Waals surface area contributed by atoms with Gasteiger partial charge in [0, 0.05) is 17.2 Å². The Hall–Kier alpha value is -4.65. The molecule has 0 spiro atoms. The standard InChI is InChI=1S/C19H14ClN9O4/c1-10-2-5-12(6-3-10)16-15(23-27-28(16)18-17(21)25-33-26-18)19(30)24-22-9-11-4-7-13(20)14(8-11)29(31)32/h2-9H,1H3,(H2,21,25)(H,24,30). The van der Waals surface area contributed by atoms with E-state index in [1.165, 1.54) is 29.1 Å². The fourth-order valence-electron chi connectivity index (χ4n) is 2.86. The minimum Gasteiger partial charge on any atom is -0.378 e. The molecule has 14 heteroatoms. The van der Waals surface area contributed by atoms with Crippen molar-refractivity contribution >= 4 is 35.2 Å². The van der Waals surface area contributed by atoms with Crippen LogP contribution in [0.5, 0.6) is 0 Å². The van der Waals surface area contributed by atoms with Crippen molar-refractivity contribution < 1.29 is 14.3 Å². The molecule has 0 aliphatic rings. The molecule has 0 atom stereocenters. The third-order valence-corrected chi connectivity index (χ3v) is 4.77. The summed E-state index contributed by atoms with van der Waals surface area (Å²) in [5.41, 5.74) is 10.0. The highest BCUT2D eigenvalue weighted by Crippen LogP contribution is 2.27. The number of aromatic nitrogens is 5. The van der Waals surface area contributed by atoms with Gasteiger partial charge in [0.15, 0.2) is 5.69 Å². The van der Waals surface area contributed by atoms with Crippen molar-refractivity contribution in [1.82, 2.24) is 30.7 Å². The van der Waals surface area contributed by atoms with Gasteiger partial charge in [-0.15, -0.1) is 5.10 Å². The summed E-state index contributed by atoms with van der Waals surface area (Å²) < 4.78 is 5.87. The lowest BCUT2D eigenvalue weighted by atomic mass is 10.1. The van der Waals surface area contributed by atoms with Gasteiger partial charge in [-0.3, -0.25) is 14.9 Å². The number of nitro groups is 1. The van der Waals surface area contributed by atoms with Gasteiger partial charge in [-0.2, -0.15) is 9.78 Å². The number of amides is 1. The highest BCUT2D eigenvalue weighted by molar-refractivity contribution is 6.32. The van der Waals surface area contributed by atoms with Crippen molar-refractivity contribution in [2.75, 3.05) is 5.73 Å². The van der Waals surface area contributed by atoms with Crippen molar-refractivity contribution in [3.63, 3.8) is 0 Å². The number of rotatable bonds is 6. The molecule has 0 unspecified atom stereocenters. The Bertz CT molecular complexity index is 1380. The largest absolute Gasteiger partial charge is 0.378 e. The minimum atomic E-state index is -0.688. The molecule has 2 heterocycles. The zero-order valence-corrected chi connectivity index (χ0v) is 17.6. The molecule has 3 N–H and O–H groups in total. The monoisotopic (exact) mass is 467 g/mol. The summed E-state index contributed by atoms with van der Waals surface area (Å²) in [4.78, 5) is 23.2. The van der Waals surface area contributed by atoms with E-state index in [4.69, 9.17) is 17.3 Å². The Balaban J connectivity index is 1.65. The van der Waals surface area contributed by atoms with E-state index < -0.39 is 10.8 Å². The van der Waals surface area contributed by atoms with Gasteiger partial charge in [-0.1, -0.05) is 52.7 Å². The Morgan fingerprint density at radius 1 is 1.27 bits per heavy atom. The molecule has 4 rings (SSSR count). The molecule has 33 heavy (non-hydrogen) atoms. The molecule has 13 nitrogen and oxygen atoms in total. The number of carbonyl (C=O) groups excluding carboxylic acids is 1. The number of nitrogens with one attached hydrogen (secondary N) is 1. The van der Waals surface area contributed by atoms with Gasteiger partial charge in [-0.25, -0.2) is 10.1 Å². The van der Waals surface area contributed by atoms with E-state index in [1.807, 2.05) is 19.1 Å². The number of nitrogens with zero attached hydrogens (tertiary/aromatic N) is 7. The third kappa shape index (κ3) is 4.38. The second-order valence-corrected chi connectivity index (χ2v) is 7.11. The van der Waals surface area contributed by atoms with Crippen LogP contribution in [0.4, 0.5) is 11.5 Å². The van der Waals surface area contributed by atoms with Crippen LogP contribution < -0.4 is 11.2 Å². The zero-order chi connectivity index (χ0) is 23.5. The normalized spacial score (nSPS) is 11.1. The fraction of sp³-hybridized carbons (Fsp3) is 0.0526. The number of hydrogen-bond acceptors (Lipinski definition) is 10. The second-order valence-electron chi connectivity index (χ2n) is 6.70. The molecule has 0 bridgehead atoms. The van der Waals surface area contributed by atoms with Crippen molar-refractivity contribution in [3.05, 3.63) is 74.4 Å². The maximum atomic E-state index is 12.8. The van der Waals surface area contributed by atoms with Gasteiger partial charge in [0.05, 0.1) is 11.1 Å². The molecule has 2 aromatic carbocycles. The topological polar surface area (TPSA) is 180 Å². The van der Waals surface area contributed by atoms with Gasteiger partial charge in [0.1, 0.15) is 10.7 Å². The summed E-state index contributed by atoms with van der Waals surface area (Å²) >= 11 is 5.80. The Kier molecular flexibility index (Phi) is 5.78. The number of hydrogen-bond donors (Lipinski definition) is 2. The molecule has 0 saturated heterocycles. The molecular formula is C19H14ClN9O4. The van der Waals surface area contributed by atoms with Crippen LogP contribution in [0.15, 0.2) is 52.2 Å². The number of aryl methyl sites for hydroxylation is 1. The first kappa shape index (κ1) is 21.6. The molecular weight excluding hydrogens is 454 g/mol. The number of nitrogen functional groups attached to an aromatic ring is 1. The lowest BCUT2D eigenvalue weighted by Crippen LogP contribution is -2.19. The molecule has 0 radical (unpaired) electrons. The number of benzene rings is 2. The highest BCUT2D eigenvalue weighted by Gasteiger charge is 2.25. The zero-order valence-electron chi connectivity index (χ0n) is 16.8. The Morgan fingerprint density at radius 2 is 2.03 bits per heavy atom. The van der Waals surface area contributed by atoms with Crippen molar-refractivity contribution in [2.24, 2.45) is 5.10 Å². The summed E-state index contributed by atoms with van der Waals surface area (Å²) in [5, 5.41) is 30.0. The summed E-state index contributed by atoms with van der Waals surface area (Å²) in [7, 11) is 0. The lowest BCUT2D eigenvalue weighted by Gasteiger charge is -2.06. The predicted octanol–water partition coefficient (Wildman–Crippen LogP) is 2.53. The van der Waals surface area contributed by atoms with Crippen LogP contribution in [0.1, 0.15) is 21.6 Å². The van der Waals surface area contributed by atoms with Crippen molar-refractivity contribution in [3.8, 4) is 17.1 Å². The van der Waals surface area contributed by atoms with E-state index in [1.54, 1.807) is 12.1 Å². The average Bonchev–Trinajstić information content (AvgIpc) is 3.41. The summed E-state index contributed by atoms with van der Waals surface area (Å²) in [5.74, 6) is -0.664. The van der Waals surface area contributed by atoms with E-state index in [2.05, 4.69) is 35.8 Å². The number of halogens is 1. The summed E-state index contributed by atoms with van der Waals surface area (Å²) in [6, 6.07) is 11.4. The van der Waals surface area contributed by atoms with Crippen LogP contribution in [-0.4, -0.2) is 42.4 Å². The molecule has 0 fully saturated rings. The Labute approximate surface area is 190 Å². The summed E-state index contributed by atoms with van der Waals surface area (Å²) in [6.45, 7) is 1.92. The maximum Gasteiger partial charge on any atom is 0.294 e. The number of carbonyl (C=O) groups is 1. The Morgan fingerprint density at radius 3 is 2.70 bits per heavy atom. The van der Waals surface area contributed by atoms with E-state index in [9.17, 15) is 14.9 Å². The van der Waals surface area contributed by atoms with Crippen LogP contribution in [0.2, 0.25) is 5.02 Å². The lowest BCUT2D eigenvalue weighted by molar-refractivity contribution is -0.384. The van der Waals surface area contributed by atoms with Gasteiger partial charge in [0.25, 0.3) is 11.6 Å². The van der Waals surface area contributed by atoms with Crippen LogP contribution in [0, 0.1) is 17.0 Å². The average molecular weight is 468 g/mol. The van der Waals surface area contributed by atoms with Crippen molar-refractivity contribution in [1.29, 1.82) is 0 Å². The van der Waals surface area contributed by atoms with Gasteiger partial charge >= 0.3 is 0 Å². The molecule has 0 saturated carbocycles. The maximum absolute atomic E-state index is 12.8. The first-order valence-corrected chi connectivity index (χ1v) is 9.61. The molecule has 2 aromatic heterocycles. The third-order valence-electron chi connectivity index (χ3n) is 4.45. The van der Waals surface area contributed by atoms with E-state index in [0.29, 0.717) is 11.1 Å². The molecule has 1 amide bonds. The molecule has 0 aliphatic carbocycles. The van der Waals surface area contributed by atoms with Crippen LogP contribution in [0.3, 0.4) is 0 Å².